The summed E-state index contributed by atoms with van der Waals surface area (Å²) in [4.78, 5) is 5.49. The summed E-state index contributed by atoms with van der Waals surface area (Å²) < 4.78 is 7.79. The lowest BCUT2D eigenvalue weighted by atomic mass is 9.94. The summed E-state index contributed by atoms with van der Waals surface area (Å²) in [6.07, 6.45) is 5.09. The van der Waals surface area contributed by atoms with Crippen molar-refractivity contribution in [3.63, 3.8) is 0 Å². The smallest absolute Gasteiger partial charge is 0.236 e. The summed E-state index contributed by atoms with van der Waals surface area (Å²) in [5, 5.41) is 10.3. The van der Waals surface area contributed by atoms with Crippen molar-refractivity contribution in [3.8, 4) is 0 Å². The van der Waals surface area contributed by atoms with Gasteiger partial charge in [0.2, 0.25) is 11.8 Å². The molecule has 0 saturated heterocycles. The Labute approximate surface area is 143 Å². The average molecular weight is 339 g/mol. The quantitative estimate of drug-likeness (QED) is 0.604. The van der Waals surface area contributed by atoms with Crippen LogP contribution in [0.2, 0.25) is 0 Å². The van der Waals surface area contributed by atoms with Crippen LogP contribution in [0, 0.1) is 0 Å². The number of hydrogen-bond acceptors (Lipinski definition) is 6. The fourth-order valence-corrected chi connectivity index (χ4v) is 3.39. The van der Waals surface area contributed by atoms with Gasteiger partial charge in [0.1, 0.15) is 0 Å². The largest absolute Gasteiger partial charge is 0.423 e. The van der Waals surface area contributed by atoms with E-state index in [1.165, 1.54) is 0 Å². The van der Waals surface area contributed by atoms with E-state index >= 15 is 0 Å². The molecule has 0 saturated carbocycles. The van der Waals surface area contributed by atoms with Gasteiger partial charge in [-0.05, 0) is 18.9 Å². The Morgan fingerprint density at radius 2 is 2.08 bits per heavy atom. The minimum absolute atomic E-state index is 0.447. The zero-order valence-corrected chi connectivity index (χ0v) is 14.0. The van der Waals surface area contributed by atoms with E-state index in [1.54, 1.807) is 11.3 Å². The second-order valence-electron chi connectivity index (χ2n) is 6.08. The highest BCUT2D eigenvalue weighted by molar-refractivity contribution is 7.15. The molecule has 0 aliphatic rings. The first-order valence-electron chi connectivity index (χ1n) is 7.67. The minimum Gasteiger partial charge on any atom is -0.423 e. The Balaban J connectivity index is 1.52. The van der Waals surface area contributed by atoms with Gasteiger partial charge in [-0.3, -0.25) is 4.40 Å². The fraction of sp³-hybridized carbons (Fsp3) is 0.235. The zero-order valence-electron chi connectivity index (χ0n) is 13.2. The number of nitrogens with zero attached hydrogens (tertiary/aromatic N) is 4. The predicted octanol–water partition coefficient (Wildman–Crippen LogP) is 2.79. The van der Waals surface area contributed by atoms with E-state index < -0.39 is 5.54 Å². The Morgan fingerprint density at radius 1 is 1.25 bits per heavy atom. The van der Waals surface area contributed by atoms with Crippen LogP contribution in [-0.4, -0.2) is 19.6 Å². The van der Waals surface area contributed by atoms with Crippen molar-refractivity contribution < 1.29 is 4.42 Å². The van der Waals surface area contributed by atoms with E-state index in [0.717, 1.165) is 16.2 Å². The van der Waals surface area contributed by atoms with Crippen LogP contribution in [0.15, 0.2) is 52.5 Å². The monoisotopic (exact) mass is 339 g/mol. The maximum absolute atomic E-state index is 6.41. The molecule has 122 valence electrons. The number of aromatic nitrogens is 4. The molecule has 0 fully saturated rings. The summed E-state index contributed by atoms with van der Waals surface area (Å²) in [6.45, 7) is 1.91. The average Bonchev–Trinajstić information content (AvgIpc) is 3.24. The number of rotatable bonds is 5. The molecular formula is C17H17N5OS. The lowest BCUT2D eigenvalue weighted by Gasteiger charge is -2.20. The fourth-order valence-electron chi connectivity index (χ4n) is 2.67. The van der Waals surface area contributed by atoms with Gasteiger partial charge in [0, 0.05) is 17.8 Å². The molecule has 24 heavy (non-hydrogen) atoms. The Kier molecular flexibility index (Phi) is 3.66. The lowest BCUT2D eigenvalue weighted by molar-refractivity contribution is 0.338. The number of nitrogens with two attached hydrogens (primary N) is 1. The van der Waals surface area contributed by atoms with Gasteiger partial charge in [0.25, 0.3) is 0 Å². The molecular weight excluding hydrogens is 322 g/mol. The third-order valence-corrected chi connectivity index (χ3v) is 4.62. The third-order valence-electron chi connectivity index (χ3n) is 3.85. The van der Waals surface area contributed by atoms with Gasteiger partial charge in [0.05, 0.1) is 17.7 Å². The molecule has 0 aliphatic heterocycles. The van der Waals surface area contributed by atoms with E-state index in [4.69, 9.17) is 10.2 Å². The topological polar surface area (TPSA) is 82.2 Å². The summed E-state index contributed by atoms with van der Waals surface area (Å²) in [6, 6.07) is 10.1. The van der Waals surface area contributed by atoms with Gasteiger partial charge in [-0.15, -0.1) is 21.5 Å². The zero-order chi connectivity index (χ0) is 16.6. The molecule has 0 aliphatic carbocycles. The Hall–Kier alpha value is -2.51. The molecule has 4 aromatic rings. The number of hydrogen-bond donors (Lipinski definition) is 1. The second kappa shape index (κ2) is 5.85. The molecule has 0 radical (unpaired) electrons. The third kappa shape index (κ3) is 2.95. The van der Waals surface area contributed by atoms with E-state index in [0.29, 0.717) is 24.6 Å². The maximum Gasteiger partial charge on any atom is 0.236 e. The standard InChI is InChI=1S/C17H17N5OS/c1-17(18,10-12-5-3-2-4-6-12)15-21-20-14(23-15)9-13-11-22-7-8-24-16(22)19-13/h2-8,11H,9-10,18H2,1H3/t17-/m1/s1. The van der Waals surface area contributed by atoms with Crippen LogP contribution in [0.4, 0.5) is 0 Å². The van der Waals surface area contributed by atoms with Crippen molar-refractivity contribution in [3.05, 3.63) is 71.1 Å². The van der Waals surface area contributed by atoms with Crippen molar-refractivity contribution in [2.24, 2.45) is 5.73 Å². The van der Waals surface area contributed by atoms with Crippen LogP contribution in [0.5, 0.6) is 0 Å². The molecule has 1 atom stereocenters. The highest BCUT2D eigenvalue weighted by Crippen LogP contribution is 2.22. The number of thiazole rings is 1. The van der Waals surface area contributed by atoms with Crippen LogP contribution >= 0.6 is 11.3 Å². The van der Waals surface area contributed by atoms with Crippen molar-refractivity contribution in [1.82, 2.24) is 19.6 Å². The first-order chi connectivity index (χ1) is 11.6. The van der Waals surface area contributed by atoms with E-state index in [9.17, 15) is 0 Å². The van der Waals surface area contributed by atoms with E-state index in [2.05, 4.69) is 15.2 Å². The highest BCUT2D eigenvalue weighted by Gasteiger charge is 2.28. The van der Waals surface area contributed by atoms with E-state index in [-0.39, 0.29) is 0 Å². The molecule has 3 aromatic heterocycles. The van der Waals surface area contributed by atoms with Gasteiger partial charge in [-0.2, -0.15) is 0 Å². The van der Waals surface area contributed by atoms with Gasteiger partial charge in [-0.25, -0.2) is 4.98 Å². The van der Waals surface area contributed by atoms with Gasteiger partial charge in [-0.1, -0.05) is 30.3 Å². The molecule has 0 amide bonds. The van der Waals surface area contributed by atoms with Gasteiger partial charge >= 0.3 is 0 Å². The number of benzene rings is 1. The molecule has 0 bridgehead atoms. The summed E-state index contributed by atoms with van der Waals surface area (Å²) >= 11 is 1.59. The van der Waals surface area contributed by atoms with Gasteiger partial charge < -0.3 is 10.2 Å². The summed E-state index contributed by atoms with van der Waals surface area (Å²) in [7, 11) is 0. The normalized spacial score (nSPS) is 14.1. The molecule has 6 nitrogen and oxygen atoms in total. The number of fused-ring (bicyclic) bond motifs is 1. The molecule has 3 heterocycles. The van der Waals surface area contributed by atoms with E-state index in [1.807, 2.05) is 59.4 Å². The second-order valence-corrected chi connectivity index (χ2v) is 6.96. The first kappa shape index (κ1) is 15.0. The number of imidazole rings is 1. The molecule has 1 aromatic carbocycles. The molecule has 4 rings (SSSR count). The van der Waals surface area contributed by atoms with Crippen LogP contribution in [0.1, 0.15) is 30.0 Å². The lowest BCUT2D eigenvalue weighted by Crippen LogP contribution is -2.35. The minimum atomic E-state index is -0.707. The molecule has 0 unspecified atom stereocenters. The van der Waals surface area contributed by atoms with Crippen LogP contribution in [0.3, 0.4) is 0 Å². The van der Waals surface area contributed by atoms with Gasteiger partial charge in [0.15, 0.2) is 4.96 Å². The van der Waals surface area contributed by atoms with Crippen molar-refractivity contribution in [2.75, 3.05) is 0 Å². The maximum atomic E-state index is 6.41. The van der Waals surface area contributed by atoms with Crippen LogP contribution in [0.25, 0.3) is 4.96 Å². The molecule has 2 N–H and O–H groups in total. The highest BCUT2D eigenvalue weighted by atomic mass is 32.1. The van der Waals surface area contributed by atoms with Crippen LogP contribution < -0.4 is 5.73 Å². The first-order valence-corrected chi connectivity index (χ1v) is 8.55. The van der Waals surface area contributed by atoms with Crippen molar-refractivity contribution >= 4 is 16.3 Å². The Bertz CT molecular complexity index is 925. The molecule has 0 spiro atoms. The van der Waals surface area contributed by atoms with Crippen LogP contribution in [-0.2, 0) is 18.4 Å². The van der Waals surface area contributed by atoms with Crippen molar-refractivity contribution in [2.45, 2.75) is 25.3 Å². The molecule has 7 heteroatoms. The SMILES string of the molecule is C[C@@](N)(Cc1ccccc1)c1nnc(Cc2cn3ccsc3n2)o1. The predicted molar refractivity (Wildman–Crippen MR) is 91.9 cm³/mol. The van der Waals surface area contributed by atoms with Crippen molar-refractivity contribution in [1.29, 1.82) is 0 Å². The summed E-state index contributed by atoms with van der Waals surface area (Å²) in [5.41, 5.74) is 7.74. The Morgan fingerprint density at radius 3 is 2.88 bits per heavy atom. The summed E-state index contributed by atoms with van der Waals surface area (Å²) in [5.74, 6) is 0.975.